The van der Waals surface area contributed by atoms with Crippen molar-refractivity contribution in [1.82, 2.24) is 15.5 Å². The maximum absolute atomic E-state index is 12.8. The molecule has 27 heavy (non-hydrogen) atoms. The van der Waals surface area contributed by atoms with Crippen LogP contribution in [0.4, 0.5) is 0 Å². The predicted octanol–water partition coefficient (Wildman–Crippen LogP) is 2.21. The van der Waals surface area contributed by atoms with Crippen molar-refractivity contribution in [3.05, 3.63) is 35.9 Å². The second-order valence-electron chi connectivity index (χ2n) is 7.53. The molecule has 1 atom stereocenters. The number of benzene rings is 1. The van der Waals surface area contributed by atoms with Crippen molar-refractivity contribution in [2.45, 2.75) is 46.1 Å². The van der Waals surface area contributed by atoms with Crippen LogP contribution in [-0.2, 0) is 9.59 Å². The van der Waals surface area contributed by atoms with E-state index in [1.807, 2.05) is 31.7 Å². The Kier molecular flexibility index (Phi) is 7.82. The summed E-state index contributed by atoms with van der Waals surface area (Å²) in [6.07, 6.45) is 1.91. The number of nitrogens with zero attached hydrogens (tertiary/aromatic N) is 1. The molecule has 0 aliphatic carbocycles. The lowest BCUT2D eigenvalue weighted by Gasteiger charge is -2.35. The van der Waals surface area contributed by atoms with Gasteiger partial charge in [-0.1, -0.05) is 39.0 Å². The van der Waals surface area contributed by atoms with Gasteiger partial charge < -0.3 is 15.5 Å². The first-order valence-corrected chi connectivity index (χ1v) is 9.83. The number of piperidine rings is 1. The molecule has 1 aromatic carbocycles. The van der Waals surface area contributed by atoms with Crippen LogP contribution in [0.3, 0.4) is 0 Å². The number of hydrogen-bond donors (Lipinski definition) is 2. The first-order chi connectivity index (χ1) is 12.9. The second kappa shape index (κ2) is 10.1. The minimum absolute atomic E-state index is 0.0192. The van der Waals surface area contributed by atoms with E-state index in [0.717, 1.165) is 0 Å². The lowest BCUT2D eigenvalue weighted by molar-refractivity contribution is -0.132. The Bertz CT molecular complexity index is 637. The summed E-state index contributed by atoms with van der Waals surface area (Å²) >= 11 is 0. The van der Waals surface area contributed by atoms with Gasteiger partial charge in [0.2, 0.25) is 11.8 Å². The van der Waals surface area contributed by atoms with E-state index in [1.165, 1.54) is 0 Å². The molecule has 3 amide bonds. The topological polar surface area (TPSA) is 78.5 Å². The Labute approximate surface area is 161 Å². The Morgan fingerprint density at radius 1 is 1.11 bits per heavy atom. The molecule has 1 aliphatic rings. The van der Waals surface area contributed by atoms with Gasteiger partial charge in [0.25, 0.3) is 5.91 Å². The molecule has 0 spiro atoms. The third kappa shape index (κ3) is 6.08. The van der Waals surface area contributed by atoms with Crippen molar-refractivity contribution in [1.29, 1.82) is 0 Å². The van der Waals surface area contributed by atoms with Crippen LogP contribution in [-0.4, -0.2) is 48.3 Å². The van der Waals surface area contributed by atoms with E-state index in [9.17, 15) is 14.4 Å². The maximum Gasteiger partial charge on any atom is 0.251 e. The normalized spacial score (nSPS) is 16.1. The molecule has 1 unspecified atom stereocenters. The van der Waals surface area contributed by atoms with Gasteiger partial charge in [0, 0.05) is 31.6 Å². The zero-order valence-electron chi connectivity index (χ0n) is 16.5. The van der Waals surface area contributed by atoms with Crippen molar-refractivity contribution in [3.63, 3.8) is 0 Å². The Hall–Kier alpha value is -2.37. The summed E-state index contributed by atoms with van der Waals surface area (Å²) in [6, 6.07) is 8.34. The van der Waals surface area contributed by atoms with Crippen molar-refractivity contribution < 1.29 is 14.4 Å². The third-order valence-corrected chi connectivity index (χ3v) is 4.96. The van der Waals surface area contributed by atoms with Crippen LogP contribution in [0.5, 0.6) is 0 Å². The van der Waals surface area contributed by atoms with Crippen LogP contribution in [0.1, 0.15) is 50.4 Å². The molecule has 2 rings (SSSR count). The molecule has 0 saturated carbocycles. The highest BCUT2D eigenvalue weighted by molar-refractivity contribution is 5.97. The summed E-state index contributed by atoms with van der Waals surface area (Å²) in [4.78, 5) is 39.1. The number of hydrogen-bond acceptors (Lipinski definition) is 3. The Balaban J connectivity index is 2.07. The quantitative estimate of drug-likeness (QED) is 0.769. The summed E-state index contributed by atoms with van der Waals surface area (Å²) < 4.78 is 0. The van der Waals surface area contributed by atoms with Crippen molar-refractivity contribution in [3.8, 4) is 0 Å². The number of carbonyl (C=O) groups excluding carboxylic acids is 3. The summed E-state index contributed by atoms with van der Waals surface area (Å²) in [5.74, 6) is 0.109. The fourth-order valence-corrected chi connectivity index (χ4v) is 3.33. The minimum atomic E-state index is -0.588. The van der Waals surface area contributed by atoms with Gasteiger partial charge in [0.05, 0.1) is 0 Å². The van der Waals surface area contributed by atoms with Crippen LogP contribution in [0, 0.1) is 11.8 Å². The number of carbonyl (C=O) groups is 3. The monoisotopic (exact) mass is 373 g/mol. The van der Waals surface area contributed by atoms with Gasteiger partial charge in [0.1, 0.15) is 6.04 Å². The van der Waals surface area contributed by atoms with Gasteiger partial charge in [-0.25, -0.2) is 0 Å². The van der Waals surface area contributed by atoms with E-state index in [1.54, 1.807) is 24.3 Å². The highest BCUT2D eigenvalue weighted by Crippen LogP contribution is 2.22. The minimum Gasteiger partial charge on any atom is -0.354 e. The number of rotatable bonds is 7. The molecule has 6 nitrogen and oxygen atoms in total. The largest absolute Gasteiger partial charge is 0.354 e. The highest BCUT2D eigenvalue weighted by Gasteiger charge is 2.33. The molecular weight excluding hydrogens is 342 g/mol. The summed E-state index contributed by atoms with van der Waals surface area (Å²) in [5, 5.41) is 5.88. The zero-order valence-corrected chi connectivity index (χ0v) is 16.5. The van der Waals surface area contributed by atoms with Crippen LogP contribution in [0.15, 0.2) is 30.3 Å². The molecule has 1 aliphatic heterocycles. The Morgan fingerprint density at radius 2 is 1.74 bits per heavy atom. The van der Waals surface area contributed by atoms with Crippen LogP contribution in [0.25, 0.3) is 0 Å². The number of amides is 3. The first kappa shape index (κ1) is 20.9. The van der Waals surface area contributed by atoms with Crippen LogP contribution >= 0.6 is 0 Å². The molecule has 1 saturated heterocycles. The second-order valence-corrected chi connectivity index (χ2v) is 7.53. The number of nitrogens with one attached hydrogen (secondary N) is 2. The van der Waals surface area contributed by atoms with E-state index < -0.39 is 6.04 Å². The predicted molar refractivity (Wildman–Crippen MR) is 105 cm³/mol. The SMILES string of the molecule is CCC(=O)N1CCC(C(NC(=O)c2ccccc2)C(=O)NCC(C)C)CC1. The molecule has 1 aromatic rings. The summed E-state index contributed by atoms with van der Waals surface area (Å²) in [5.41, 5.74) is 0.540. The molecule has 0 aromatic heterocycles. The van der Waals surface area contributed by atoms with Crippen molar-refractivity contribution >= 4 is 17.7 Å². The van der Waals surface area contributed by atoms with Crippen molar-refractivity contribution in [2.75, 3.05) is 19.6 Å². The van der Waals surface area contributed by atoms with Gasteiger partial charge >= 0.3 is 0 Å². The molecular formula is C21H31N3O3. The fraction of sp³-hybridized carbons (Fsp3) is 0.571. The zero-order chi connectivity index (χ0) is 19.8. The first-order valence-electron chi connectivity index (χ1n) is 9.83. The van der Waals surface area contributed by atoms with Crippen LogP contribution < -0.4 is 10.6 Å². The maximum atomic E-state index is 12.8. The molecule has 148 valence electrons. The number of likely N-dealkylation sites (tertiary alicyclic amines) is 1. The lowest BCUT2D eigenvalue weighted by atomic mass is 9.88. The van der Waals surface area contributed by atoms with E-state index in [4.69, 9.17) is 0 Å². The van der Waals surface area contributed by atoms with E-state index in [0.29, 0.717) is 50.4 Å². The van der Waals surface area contributed by atoms with Gasteiger partial charge in [-0.2, -0.15) is 0 Å². The van der Waals surface area contributed by atoms with Crippen LogP contribution in [0.2, 0.25) is 0 Å². The summed E-state index contributed by atoms with van der Waals surface area (Å²) in [7, 11) is 0. The molecule has 2 N–H and O–H groups in total. The fourth-order valence-electron chi connectivity index (χ4n) is 3.33. The average Bonchev–Trinajstić information content (AvgIpc) is 2.70. The Morgan fingerprint density at radius 3 is 2.30 bits per heavy atom. The summed E-state index contributed by atoms with van der Waals surface area (Å²) in [6.45, 7) is 7.76. The van der Waals surface area contributed by atoms with Gasteiger partial charge in [-0.15, -0.1) is 0 Å². The lowest BCUT2D eigenvalue weighted by Crippen LogP contribution is -2.54. The van der Waals surface area contributed by atoms with Gasteiger partial charge in [0.15, 0.2) is 0 Å². The highest BCUT2D eigenvalue weighted by atomic mass is 16.2. The van der Waals surface area contributed by atoms with Gasteiger partial charge in [-0.05, 0) is 36.8 Å². The van der Waals surface area contributed by atoms with E-state index in [-0.39, 0.29) is 23.6 Å². The van der Waals surface area contributed by atoms with Crippen molar-refractivity contribution in [2.24, 2.45) is 11.8 Å². The van der Waals surface area contributed by atoms with Gasteiger partial charge in [-0.3, -0.25) is 14.4 Å². The average molecular weight is 373 g/mol. The van der Waals surface area contributed by atoms with E-state index >= 15 is 0 Å². The van der Waals surface area contributed by atoms with E-state index in [2.05, 4.69) is 10.6 Å². The molecule has 1 fully saturated rings. The molecule has 1 heterocycles. The molecule has 0 bridgehead atoms. The molecule has 0 radical (unpaired) electrons. The smallest absolute Gasteiger partial charge is 0.251 e. The third-order valence-electron chi connectivity index (χ3n) is 4.96. The standard InChI is InChI=1S/C21H31N3O3/c1-4-18(25)24-12-10-16(11-13-24)19(21(27)22-14-15(2)3)23-20(26)17-8-6-5-7-9-17/h5-9,15-16,19H,4,10-14H2,1-3H3,(H,22,27)(H,23,26). The molecule has 6 heteroatoms.